The lowest BCUT2D eigenvalue weighted by Crippen LogP contribution is -1.94. The molecule has 4 heteroatoms. The Morgan fingerprint density at radius 3 is 2.68 bits per heavy atom. The molecule has 0 spiro atoms. The van der Waals surface area contributed by atoms with E-state index in [9.17, 15) is 4.79 Å². The van der Waals surface area contributed by atoms with E-state index >= 15 is 0 Å². The largest absolute Gasteiger partial charge is 0.301 e. The van der Waals surface area contributed by atoms with E-state index in [1.165, 1.54) is 0 Å². The molecule has 0 saturated carbocycles. The summed E-state index contributed by atoms with van der Waals surface area (Å²) >= 11 is 0. The molecule has 0 saturated heterocycles. The highest BCUT2D eigenvalue weighted by Gasteiger charge is 2.05. The highest BCUT2D eigenvalue weighted by atomic mass is 16.1. The van der Waals surface area contributed by atoms with Gasteiger partial charge in [0.25, 0.3) is 0 Å². The summed E-state index contributed by atoms with van der Waals surface area (Å²) in [6, 6.07) is 13.1. The third-order valence-corrected chi connectivity index (χ3v) is 2.96. The number of hydrogen-bond donors (Lipinski definition) is 0. The number of fused-ring (bicyclic) bond motifs is 1. The molecular formula is C15H9N3O. The summed E-state index contributed by atoms with van der Waals surface area (Å²) in [6.07, 6.45) is 4.23. The number of carbonyl (C=O) groups excluding carboxylic acids is 1. The molecule has 0 aliphatic heterocycles. The Morgan fingerprint density at radius 1 is 1.21 bits per heavy atom. The Kier molecular flexibility index (Phi) is 2.58. The Labute approximate surface area is 109 Å². The summed E-state index contributed by atoms with van der Waals surface area (Å²) in [6.45, 7) is 0. The van der Waals surface area contributed by atoms with Crippen LogP contribution < -0.4 is 0 Å². The summed E-state index contributed by atoms with van der Waals surface area (Å²) in [4.78, 5) is 15.0. The first-order valence-electron chi connectivity index (χ1n) is 5.74. The molecule has 0 aliphatic carbocycles. The van der Waals surface area contributed by atoms with Gasteiger partial charge in [0, 0.05) is 29.0 Å². The van der Waals surface area contributed by atoms with Crippen molar-refractivity contribution in [3.05, 3.63) is 59.9 Å². The maximum absolute atomic E-state index is 10.7. The van der Waals surface area contributed by atoms with E-state index in [2.05, 4.69) is 11.1 Å². The summed E-state index contributed by atoms with van der Waals surface area (Å²) in [5.41, 5.74) is 2.90. The van der Waals surface area contributed by atoms with Crippen LogP contribution in [0.2, 0.25) is 0 Å². The van der Waals surface area contributed by atoms with Gasteiger partial charge in [-0.1, -0.05) is 0 Å². The average molecular weight is 247 g/mol. The van der Waals surface area contributed by atoms with Gasteiger partial charge in [-0.25, -0.2) is 4.98 Å². The topological polar surface area (TPSA) is 58.7 Å². The van der Waals surface area contributed by atoms with Gasteiger partial charge in [-0.15, -0.1) is 0 Å². The van der Waals surface area contributed by atoms with Gasteiger partial charge in [0.15, 0.2) is 6.29 Å². The van der Waals surface area contributed by atoms with Crippen LogP contribution in [0.25, 0.3) is 16.7 Å². The van der Waals surface area contributed by atoms with Gasteiger partial charge in [-0.05, 0) is 36.4 Å². The number of pyridine rings is 1. The maximum Gasteiger partial charge on any atom is 0.151 e. The third-order valence-electron chi connectivity index (χ3n) is 2.96. The Hall–Kier alpha value is -2.93. The quantitative estimate of drug-likeness (QED) is 0.654. The number of nitrogens with zero attached hydrogens (tertiary/aromatic N) is 3. The van der Waals surface area contributed by atoms with Crippen molar-refractivity contribution in [2.75, 3.05) is 0 Å². The number of benzene rings is 1. The minimum Gasteiger partial charge on any atom is -0.301 e. The molecule has 0 aliphatic rings. The lowest BCUT2D eigenvalue weighted by molar-refractivity contribution is 0.112. The standard InChI is InChI=1S/C15H9N3O/c16-8-11-1-3-14(4-2-11)18-6-5-13-7-12(10-19)9-17-15(13)18/h1-7,9-10H. The molecule has 0 bridgehead atoms. The van der Waals surface area contributed by atoms with E-state index in [4.69, 9.17) is 5.26 Å². The van der Waals surface area contributed by atoms with Crippen LogP contribution in [0.3, 0.4) is 0 Å². The van der Waals surface area contributed by atoms with E-state index in [1.807, 2.05) is 29.0 Å². The molecule has 0 fully saturated rings. The SMILES string of the molecule is N#Cc1ccc(-n2ccc3cc(C=O)cnc32)cc1. The van der Waals surface area contributed by atoms with Crippen LogP contribution in [-0.2, 0) is 0 Å². The maximum atomic E-state index is 10.7. The van der Waals surface area contributed by atoms with Gasteiger partial charge in [0.1, 0.15) is 5.65 Å². The monoisotopic (exact) mass is 247 g/mol. The minimum absolute atomic E-state index is 0.560. The molecule has 19 heavy (non-hydrogen) atoms. The molecule has 0 unspecified atom stereocenters. The predicted molar refractivity (Wildman–Crippen MR) is 71.2 cm³/mol. The number of aromatic nitrogens is 2. The van der Waals surface area contributed by atoms with Crippen molar-refractivity contribution >= 4 is 17.3 Å². The Balaban J connectivity index is 2.14. The number of carbonyl (C=O) groups is 1. The van der Waals surface area contributed by atoms with Gasteiger partial charge in [0.2, 0.25) is 0 Å². The second kappa shape index (κ2) is 4.39. The Bertz CT molecular complexity index is 794. The molecule has 3 rings (SSSR count). The van der Waals surface area contributed by atoms with Crippen molar-refractivity contribution in [3.63, 3.8) is 0 Å². The van der Waals surface area contributed by atoms with Gasteiger partial charge in [0.05, 0.1) is 11.6 Å². The average Bonchev–Trinajstić information content (AvgIpc) is 2.90. The molecule has 0 atom stereocenters. The van der Waals surface area contributed by atoms with E-state index < -0.39 is 0 Å². The summed E-state index contributed by atoms with van der Waals surface area (Å²) < 4.78 is 1.92. The molecule has 90 valence electrons. The molecule has 0 amide bonds. The molecule has 0 N–H and O–H groups in total. The van der Waals surface area contributed by atoms with Crippen molar-refractivity contribution in [2.45, 2.75) is 0 Å². The normalized spacial score (nSPS) is 10.3. The van der Waals surface area contributed by atoms with Crippen LogP contribution in [0.5, 0.6) is 0 Å². The van der Waals surface area contributed by atoms with Gasteiger partial charge in [-0.3, -0.25) is 4.79 Å². The molecule has 0 radical (unpaired) electrons. The van der Waals surface area contributed by atoms with E-state index in [0.29, 0.717) is 11.1 Å². The van der Waals surface area contributed by atoms with E-state index in [-0.39, 0.29) is 0 Å². The second-order valence-corrected chi connectivity index (χ2v) is 4.14. The van der Waals surface area contributed by atoms with Crippen molar-refractivity contribution in [1.82, 2.24) is 9.55 Å². The summed E-state index contributed by atoms with van der Waals surface area (Å²) in [5.74, 6) is 0. The molecule has 1 aromatic carbocycles. The van der Waals surface area contributed by atoms with E-state index in [0.717, 1.165) is 23.0 Å². The number of nitriles is 1. The second-order valence-electron chi connectivity index (χ2n) is 4.14. The fourth-order valence-electron chi connectivity index (χ4n) is 2.01. The van der Waals surface area contributed by atoms with Gasteiger partial charge < -0.3 is 4.57 Å². The number of rotatable bonds is 2. The molecule has 4 nitrogen and oxygen atoms in total. The molecule has 2 heterocycles. The van der Waals surface area contributed by atoms with Crippen molar-refractivity contribution in [3.8, 4) is 11.8 Å². The van der Waals surface area contributed by atoms with Crippen LogP contribution in [0.1, 0.15) is 15.9 Å². The van der Waals surface area contributed by atoms with Crippen LogP contribution in [0.15, 0.2) is 48.8 Å². The zero-order chi connectivity index (χ0) is 13.2. The van der Waals surface area contributed by atoms with Crippen LogP contribution >= 0.6 is 0 Å². The predicted octanol–water partition coefficient (Wildman–Crippen LogP) is 2.71. The van der Waals surface area contributed by atoms with Crippen LogP contribution in [0.4, 0.5) is 0 Å². The van der Waals surface area contributed by atoms with Crippen LogP contribution in [0, 0.1) is 11.3 Å². The van der Waals surface area contributed by atoms with Crippen molar-refractivity contribution in [1.29, 1.82) is 5.26 Å². The summed E-state index contributed by atoms with van der Waals surface area (Å²) in [7, 11) is 0. The van der Waals surface area contributed by atoms with Crippen molar-refractivity contribution in [2.24, 2.45) is 0 Å². The molecule has 3 aromatic rings. The highest BCUT2D eigenvalue weighted by Crippen LogP contribution is 2.19. The van der Waals surface area contributed by atoms with Gasteiger partial charge in [-0.2, -0.15) is 5.26 Å². The van der Waals surface area contributed by atoms with Crippen LogP contribution in [-0.4, -0.2) is 15.8 Å². The third kappa shape index (κ3) is 1.87. The smallest absolute Gasteiger partial charge is 0.151 e. The lowest BCUT2D eigenvalue weighted by Gasteiger charge is -2.04. The molecular weight excluding hydrogens is 238 g/mol. The summed E-state index contributed by atoms with van der Waals surface area (Å²) in [5, 5.41) is 9.70. The van der Waals surface area contributed by atoms with E-state index in [1.54, 1.807) is 24.4 Å². The first-order valence-corrected chi connectivity index (χ1v) is 5.74. The van der Waals surface area contributed by atoms with Gasteiger partial charge >= 0.3 is 0 Å². The zero-order valence-electron chi connectivity index (χ0n) is 9.95. The fourth-order valence-corrected chi connectivity index (χ4v) is 2.01. The first kappa shape index (κ1) is 11.2. The lowest BCUT2D eigenvalue weighted by atomic mass is 10.2. The minimum atomic E-state index is 0.560. The first-order chi connectivity index (χ1) is 9.31. The number of hydrogen-bond acceptors (Lipinski definition) is 3. The zero-order valence-corrected chi connectivity index (χ0v) is 9.95. The molecule has 2 aromatic heterocycles. The Morgan fingerprint density at radius 2 is 2.00 bits per heavy atom. The van der Waals surface area contributed by atoms with Crippen molar-refractivity contribution < 1.29 is 4.79 Å². The fraction of sp³-hybridized carbons (Fsp3) is 0. The number of aldehydes is 1. The highest BCUT2D eigenvalue weighted by molar-refractivity contribution is 5.85.